The van der Waals surface area contributed by atoms with Crippen LogP contribution in [0.5, 0.6) is 0 Å². The zero-order valence-electron chi connectivity index (χ0n) is 12.7. The van der Waals surface area contributed by atoms with Gasteiger partial charge in [-0.1, -0.05) is 45.7 Å². The van der Waals surface area contributed by atoms with Crippen LogP contribution in [0, 0.1) is 5.41 Å². The van der Waals surface area contributed by atoms with Crippen molar-refractivity contribution in [1.82, 2.24) is 0 Å². The first-order valence-electron chi connectivity index (χ1n) is 7.23. The van der Waals surface area contributed by atoms with Crippen LogP contribution >= 0.6 is 12.6 Å². The third-order valence-electron chi connectivity index (χ3n) is 3.36. The van der Waals surface area contributed by atoms with E-state index in [9.17, 15) is 8.42 Å². The van der Waals surface area contributed by atoms with Crippen molar-refractivity contribution in [3.8, 4) is 0 Å². The number of thiol groups is 1. The first-order valence-corrected chi connectivity index (χ1v) is 9.52. The lowest BCUT2D eigenvalue weighted by atomic mass is 10.0. The Bertz CT molecular complexity index is 502. The van der Waals surface area contributed by atoms with Gasteiger partial charge in [-0.3, -0.25) is 0 Å². The van der Waals surface area contributed by atoms with E-state index in [1.165, 1.54) is 18.4 Å². The van der Waals surface area contributed by atoms with E-state index >= 15 is 0 Å². The Morgan fingerprint density at radius 2 is 1.70 bits per heavy atom. The second-order valence-corrected chi connectivity index (χ2v) is 8.49. The lowest BCUT2D eigenvalue weighted by Crippen LogP contribution is -2.25. The molecule has 1 aromatic rings. The van der Waals surface area contributed by atoms with E-state index < -0.39 is 9.84 Å². The average Bonchev–Trinajstić information content (AvgIpc) is 2.38. The number of rotatable bonds is 8. The maximum atomic E-state index is 12.3. The van der Waals surface area contributed by atoms with Gasteiger partial charge in [0.25, 0.3) is 0 Å². The molecule has 0 heterocycles. The van der Waals surface area contributed by atoms with Crippen LogP contribution in [0.4, 0.5) is 0 Å². The molecule has 0 N–H and O–H groups in total. The first-order chi connectivity index (χ1) is 9.30. The SMILES string of the molecule is CCCCCc1ccc(S(=O)(=O)CC(C)(C)CS)cc1. The monoisotopic (exact) mass is 314 g/mol. The molecule has 2 nitrogen and oxygen atoms in total. The number of unbranched alkanes of at least 4 members (excludes halogenated alkanes) is 2. The summed E-state index contributed by atoms with van der Waals surface area (Å²) in [5.74, 6) is 0.694. The van der Waals surface area contributed by atoms with Crippen molar-refractivity contribution >= 4 is 22.5 Å². The lowest BCUT2D eigenvalue weighted by molar-refractivity contribution is 0.472. The minimum absolute atomic E-state index is 0.138. The third-order valence-corrected chi connectivity index (χ3v) is 6.37. The Hall–Kier alpha value is -0.480. The summed E-state index contributed by atoms with van der Waals surface area (Å²) < 4.78 is 24.7. The first kappa shape index (κ1) is 17.6. The Labute approximate surface area is 129 Å². The van der Waals surface area contributed by atoms with Crippen LogP contribution in [0.1, 0.15) is 45.6 Å². The molecule has 0 amide bonds. The highest BCUT2D eigenvalue weighted by Crippen LogP contribution is 2.24. The van der Waals surface area contributed by atoms with Crippen LogP contribution in [0.15, 0.2) is 29.2 Å². The molecule has 0 unspecified atom stereocenters. The molecule has 0 aliphatic carbocycles. The Morgan fingerprint density at radius 3 is 2.20 bits per heavy atom. The molecule has 0 spiro atoms. The van der Waals surface area contributed by atoms with Crippen molar-refractivity contribution in [3.05, 3.63) is 29.8 Å². The molecule has 4 heteroatoms. The summed E-state index contributed by atoms with van der Waals surface area (Å²) in [5, 5.41) is 0. The van der Waals surface area contributed by atoms with Gasteiger partial charge in [-0.05, 0) is 41.7 Å². The average molecular weight is 315 g/mol. The van der Waals surface area contributed by atoms with Crippen molar-refractivity contribution in [1.29, 1.82) is 0 Å². The van der Waals surface area contributed by atoms with Crippen LogP contribution in [0.25, 0.3) is 0 Å². The van der Waals surface area contributed by atoms with Gasteiger partial charge in [0, 0.05) is 0 Å². The fraction of sp³-hybridized carbons (Fsp3) is 0.625. The normalized spacial score (nSPS) is 12.6. The van der Waals surface area contributed by atoms with Gasteiger partial charge in [-0.2, -0.15) is 12.6 Å². The molecule has 114 valence electrons. The van der Waals surface area contributed by atoms with Crippen LogP contribution in [0.2, 0.25) is 0 Å². The van der Waals surface area contributed by atoms with E-state index in [0.717, 1.165) is 12.8 Å². The van der Waals surface area contributed by atoms with Gasteiger partial charge in [0.2, 0.25) is 0 Å². The van der Waals surface area contributed by atoms with E-state index in [1.54, 1.807) is 12.1 Å². The second kappa shape index (κ2) is 7.51. The molecule has 0 aromatic heterocycles. The summed E-state index contributed by atoms with van der Waals surface area (Å²) in [6.45, 7) is 6.03. The summed E-state index contributed by atoms with van der Waals surface area (Å²) in [5.41, 5.74) is 0.910. The van der Waals surface area contributed by atoms with Gasteiger partial charge < -0.3 is 0 Å². The highest BCUT2D eigenvalue weighted by Gasteiger charge is 2.26. The van der Waals surface area contributed by atoms with Gasteiger partial charge in [0.05, 0.1) is 10.6 Å². The van der Waals surface area contributed by atoms with Crippen molar-refractivity contribution in [2.75, 3.05) is 11.5 Å². The summed E-state index contributed by atoms with van der Waals surface area (Å²) in [6.07, 6.45) is 4.60. The maximum absolute atomic E-state index is 12.3. The smallest absolute Gasteiger partial charge is 0.178 e. The number of hydrogen-bond acceptors (Lipinski definition) is 3. The highest BCUT2D eigenvalue weighted by molar-refractivity contribution is 7.91. The fourth-order valence-electron chi connectivity index (χ4n) is 2.09. The summed E-state index contributed by atoms with van der Waals surface area (Å²) >= 11 is 4.23. The number of benzene rings is 1. The van der Waals surface area contributed by atoms with Crippen molar-refractivity contribution in [3.63, 3.8) is 0 Å². The molecule has 1 rings (SSSR count). The standard InChI is InChI=1S/C16H26O2S2/c1-4-5-6-7-14-8-10-15(11-9-14)20(17,18)13-16(2,3)12-19/h8-11,19H,4-7,12-13H2,1-3H3. The number of aryl methyl sites for hydroxylation is 1. The lowest BCUT2D eigenvalue weighted by Gasteiger charge is -2.21. The van der Waals surface area contributed by atoms with Crippen molar-refractivity contribution < 1.29 is 8.42 Å². The van der Waals surface area contributed by atoms with E-state index in [-0.39, 0.29) is 11.2 Å². The van der Waals surface area contributed by atoms with Gasteiger partial charge in [0.15, 0.2) is 9.84 Å². The molecule has 0 saturated carbocycles. The molecule has 0 atom stereocenters. The van der Waals surface area contributed by atoms with Gasteiger partial charge in [-0.15, -0.1) is 0 Å². The molecule has 0 radical (unpaired) electrons. The third kappa shape index (κ3) is 5.49. The summed E-state index contributed by atoms with van der Waals surface area (Å²) in [7, 11) is -3.22. The minimum atomic E-state index is -3.22. The van der Waals surface area contributed by atoms with Crippen LogP contribution < -0.4 is 0 Å². The molecule has 1 aromatic carbocycles. The Morgan fingerprint density at radius 1 is 1.10 bits per heavy atom. The van der Waals surface area contributed by atoms with E-state index in [1.807, 2.05) is 26.0 Å². The molecule has 0 bridgehead atoms. The molecule has 0 aliphatic heterocycles. The Kier molecular flexibility index (Phi) is 6.59. The maximum Gasteiger partial charge on any atom is 0.178 e. The summed E-state index contributed by atoms with van der Waals surface area (Å²) in [6, 6.07) is 7.36. The second-order valence-electron chi connectivity index (χ2n) is 6.18. The van der Waals surface area contributed by atoms with Crippen molar-refractivity contribution in [2.45, 2.75) is 51.3 Å². The van der Waals surface area contributed by atoms with E-state index in [4.69, 9.17) is 0 Å². The molecular weight excluding hydrogens is 288 g/mol. The summed E-state index contributed by atoms with van der Waals surface area (Å²) in [4.78, 5) is 0.423. The zero-order valence-corrected chi connectivity index (χ0v) is 14.4. The van der Waals surface area contributed by atoms with Crippen LogP contribution in [-0.4, -0.2) is 19.9 Å². The van der Waals surface area contributed by atoms with Crippen LogP contribution in [-0.2, 0) is 16.3 Å². The van der Waals surface area contributed by atoms with Crippen molar-refractivity contribution in [2.24, 2.45) is 5.41 Å². The molecule has 0 aliphatic rings. The predicted octanol–water partition coefficient (Wildman–Crippen LogP) is 4.15. The zero-order chi connectivity index (χ0) is 15.2. The molecule has 20 heavy (non-hydrogen) atoms. The highest BCUT2D eigenvalue weighted by atomic mass is 32.2. The predicted molar refractivity (Wildman–Crippen MR) is 89.4 cm³/mol. The van der Waals surface area contributed by atoms with E-state index in [2.05, 4.69) is 19.6 Å². The molecule has 0 saturated heterocycles. The fourth-order valence-corrected chi connectivity index (χ4v) is 4.20. The van der Waals surface area contributed by atoms with Gasteiger partial charge in [-0.25, -0.2) is 8.42 Å². The minimum Gasteiger partial charge on any atom is -0.224 e. The largest absolute Gasteiger partial charge is 0.224 e. The molecule has 0 fully saturated rings. The molecular formula is C16H26O2S2. The Balaban J connectivity index is 2.77. The topological polar surface area (TPSA) is 34.1 Å². The van der Waals surface area contributed by atoms with Gasteiger partial charge in [0.1, 0.15) is 0 Å². The van der Waals surface area contributed by atoms with E-state index in [0.29, 0.717) is 10.6 Å². The van der Waals surface area contributed by atoms with Crippen LogP contribution in [0.3, 0.4) is 0 Å². The number of sulfone groups is 1. The quantitative estimate of drug-likeness (QED) is 0.578. The van der Waals surface area contributed by atoms with Gasteiger partial charge >= 0.3 is 0 Å². The number of hydrogen-bond donors (Lipinski definition) is 1.